The number of amides is 1. The highest BCUT2D eigenvalue weighted by Crippen LogP contribution is 2.37. The van der Waals surface area contributed by atoms with Crippen molar-refractivity contribution in [3.8, 4) is 6.07 Å². The van der Waals surface area contributed by atoms with Gasteiger partial charge in [-0.1, -0.05) is 0 Å². The molecule has 2 aromatic rings. The number of halogens is 2. The van der Waals surface area contributed by atoms with E-state index < -0.39 is 11.6 Å². The molecule has 0 radical (unpaired) electrons. The Balaban J connectivity index is 1.36. The van der Waals surface area contributed by atoms with Gasteiger partial charge in [0, 0.05) is 30.3 Å². The summed E-state index contributed by atoms with van der Waals surface area (Å²) in [6, 6.07) is 7.18. The summed E-state index contributed by atoms with van der Waals surface area (Å²) in [5, 5.41) is 13.5. The molecule has 1 atom stereocenters. The standard InChI is InChI=1S/C20H18F2N4O2/c21-15-5-14(10-24-11-15)19-3-4-28-26(19)20(27)12-6-17(7-12)25-16-1-2-18(22)13(8-16)9-23/h1-2,5,8,10-12,17,19,25H,3-4,6-7H2/t12-,17+,19-/m0/s1. The van der Waals surface area contributed by atoms with Crippen LogP contribution < -0.4 is 5.32 Å². The van der Waals surface area contributed by atoms with Crippen molar-refractivity contribution >= 4 is 11.6 Å². The molecule has 0 spiro atoms. The molecule has 1 aromatic heterocycles. The molecule has 2 aliphatic rings. The molecule has 144 valence electrons. The maximum absolute atomic E-state index is 13.5. The SMILES string of the molecule is N#Cc1cc(N[C@H]2C[C@@H](C(=O)N3OCC[C@H]3c3cncc(F)c3)C2)ccc1F. The van der Waals surface area contributed by atoms with Crippen molar-refractivity contribution < 1.29 is 18.4 Å². The van der Waals surface area contributed by atoms with Crippen LogP contribution in [-0.2, 0) is 9.63 Å². The third kappa shape index (κ3) is 3.53. The van der Waals surface area contributed by atoms with Crippen LogP contribution in [0.3, 0.4) is 0 Å². The average molecular weight is 384 g/mol. The second kappa shape index (κ2) is 7.52. The Morgan fingerprint density at radius 1 is 1.29 bits per heavy atom. The van der Waals surface area contributed by atoms with Crippen molar-refractivity contribution in [3.05, 3.63) is 59.4 Å². The number of nitriles is 1. The smallest absolute Gasteiger partial charge is 0.249 e. The summed E-state index contributed by atoms with van der Waals surface area (Å²) in [4.78, 5) is 22.2. The summed E-state index contributed by atoms with van der Waals surface area (Å²) in [5.41, 5.74) is 1.25. The number of anilines is 1. The first-order valence-corrected chi connectivity index (χ1v) is 9.08. The molecule has 2 fully saturated rings. The Labute approximate surface area is 160 Å². The van der Waals surface area contributed by atoms with Gasteiger partial charge in [0.05, 0.1) is 24.4 Å². The summed E-state index contributed by atoms with van der Waals surface area (Å²) in [5.74, 6) is -1.32. The lowest BCUT2D eigenvalue weighted by Gasteiger charge is -2.38. The lowest BCUT2D eigenvalue weighted by atomic mass is 9.79. The topological polar surface area (TPSA) is 78.2 Å². The molecular weight excluding hydrogens is 366 g/mol. The zero-order valence-corrected chi connectivity index (χ0v) is 14.9. The molecule has 4 rings (SSSR count). The number of hydrogen-bond acceptors (Lipinski definition) is 5. The van der Waals surface area contributed by atoms with E-state index in [4.69, 9.17) is 10.1 Å². The van der Waals surface area contributed by atoms with Crippen molar-refractivity contribution in [3.63, 3.8) is 0 Å². The lowest BCUT2D eigenvalue weighted by molar-refractivity contribution is -0.184. The summed E-state index contributed by atoms with van der Waals surface area (Å²) < 4.78 is 26.9. The minimum absolute atomic E-state index is 0.0195. The van der Waals surface area contributed by atoms with Crippen LogP contribution in [0.1, 0.15) is 36.4 Å². The molecule has 6 nitrogen and oxygen atoms in total. The minimum Gasteiger partial charge on any atom is -0.382 e. The third-order valence-electron chi connectivity index (χ3n) is 5.18. The number of nitrogens with zero attached hydrogens (tertiary/aromatic N) is 3. The van der Waals surface area contributed by atoms with Gasteiger partial charge in [0.1, 0.15) is 17.7 Å². The second-order valence-corrected chi connectivity index (χ2v) is 7.05. The number of benzene rings is 1. The first kappa shape index (κ1) is 18.3. The van der Waals surface area contributed by atoms with E-state index in [9.17, 15) is 13.6 Å². The average Bonchev–Trinajstić information content (AvgIpc) is 3.15. The van der Waals surface area contributed by atoms with Gasteiger partial charge in [-0.15, -0.1) is 0 Å². The summed E-state index contributed by atoms with van der Waals surface area (Å²) in [6.07, 6.45) is 4.48. The highest BCUT2D eigenvalue weighted by Gasteiger charge is 2.41. The quantitative estimate of drug-likeness (QED) is 0.875. The van der Waals surface area contributed by atoms with E-state index in [1.807, 2.05) is 6.07 Å². The van der Waals surface area contributed by atoms with Crippen LogP contribution in [0, 0.1) is 28.9 Å². The van der Waals surface area contributed by atoms with Crippen molar-refractivity contribution in [2.45, 2.75) is 31.3 Å². The van der Waals surface area contributed by atoms with E-state index in [2.05, 4.69) is 10.3 Å². The number of nitrogens with one attached hydrogen (secondary N) is 1. The van der Waals surface area contributed by atoms with Crippen LogP contribution in [-0.4, -0.2) is 28.6 Å². The van der Waals surface area contributed by atoms with Crippen molar-refractivity contribution in [1.29, 1.82) is 5.26 Å². The molecule has 1 saturated heterocycles. The van der Waals surface area contributed by atoms with Gasteiger partial charge in [-0.25, -0.2) is 13.8 Å². The largest absolute Gasteiger partial charge is 0.382 e. The van der Waals surface area contributed by atoms with E-state index in [0.29, 0.717) is 37.1 Å². The van der Waals surface area contributed by atoms with E-state index >= 15 is 0 Å². The lowest BCUT2D eigenvalue weighted by Crippen LogP contribution is -2.45. The molecule has 1 amide bonds. The Kier molecular flexibility index (Phi) is 4.92. The number of hydrogen-bond donors (Lipinski definition) is 1. The Hall–Kier alpha value is -3.05. The Bertz CT molecular complexity index is 940. The van der Waals surface area contributed by atoms with Gasteiger partial charge in [0.15, 0.2) is 0 Å². The molecule has 0 unspecified atom stereocenters. The van der Waals surface area contributed by atoms with Gasteiger partial charge in [-0.2, -0.15) is 5.26 Å². The van der Waals surface area contributed by atoms with Crippen LogP contribution in [0.15, 0.2) is 36.7 Å². The molecule has 1 aromatic carbocycles. The summed E-state index contributed by atoms with van der Waals surface area (Å²) in [7, 11) is 0. The summed E-state index contributed by atoms with van der Waals surface area (Å²) in [6.45, 7) is 0.397. The third-order valence-corrected chi connectivity index (χ3v) is 5.18. The van der Waals surface area contributed by atoms with Gasteiger partial charge in [0.25, 0.3) is 0 Å². The van der Waals surface area contributed by atoms with E-state index in [-0.39, 0.29) is 29.5 Å². The second-order valence-electron chi connectivity index (χ2n) is 7.05. The number of pyridine rings is 1. The number of hydroxylamine groups is 2. The number of carbonyl (C=O) groups is 1. The molecule has 1 saturated carbocycles. The number of carbonyl (C=O) groups excluding carboxylic acids is 1. The van der Waals surface area contributed by atoms with E-state index in [1.165, 1.54) is 23.3 Å². The van der Waals surface area contributed by atoms with Crippen molar-refractivity contribution in [1.82, 2.24) is 10.0 Å². The molecule has 8 heteroatoms. The number of rotatable bonds is 4. The van der Waals surface area contributed by atoms with Gasteiger partial charge in [-0.3, -0.25) is 14.6 Å². The van der Waals surface area contributed by atoms with Crippen LogP contribution in [0.25, 0.3) is 0 Å². The molecule has 1 aliphatic carbocycles. The van der Waals surface area contributed by atoms with E-state index in [0.717, 1.165) is 6.20 Å². The highest BCUT2D eigenvalue weighted by atomic mass is 19.1. The predicted molar refractivity (Wildman–Crippen MR) is 95.6 cm³/mol. The minimum atomic E-state index is -0.557. The van der Waals surface area contributed by atoms with E-state index in [1.54, 1.807) is 12.3 Å². The molecule has 0 bridgehead atoms. The number of aromatic nitrogens is 1. The highest BCUT2D eigenvalue weighted by molar-refractivity contribution is 5.80. The maximum atomic E-state index is 13.5. The predicted octanol–water partition coefficient (Wildman–Crippen LogP) is 3.33. The van der Waals surface area contributed by atoms with Gasteiger partial charge < -0.3 is 5.32 Å². The zero-order chi connectivity index (χ0) is 19.7. The first-order chi connectivity index (χ1) is 13.5. The molecular formula is C20H18F2N4O2. The van der Waals surface area contributed by atoms with Gasteiger partial charge in [-0.05, 0) is 42.7 Å². The van der Waals surface area contributed by atoms with Gasteiger partial charge >= 0.3 is 0 Å². The Morgan fingerprint density at radius 2 is 2.11 bits per heavy atom. The normalized spacial score (nSPS) is 23.8. The van der Waals surface area contributed by atoms with Gasteiger partial charge in [0.2, 0.25) is 5.91 Å². The van der Waals surface area contributed by atoms with Crippen molar-refractivity contribution in [2.24, 2.45) is 5.92 Å². The van der Waals surface area contributed by atoms with Crippen LogP contribution >= 0.6 is 0 Å². The fourth-order valence-electron chi connectivity index (χ4n) is 3.65. The molecule has 2 heterocycles. The first-order valence-electron chi connectivity index (χ1n) is 9.08. The maximum Gasteiger partial charge on any atom is 0.249 e. The molecule has 28 heavy (non-hydrogen) atoms. The van der Waals surface area contributed by atoms with Crippen LogP contribution in [0.4, 0.5) is 14.5 Å². The fraction of sp³-hybridized carbons (Fsp3) is 0.350. The summed E-state index contributed by atoms with van der Waals surface area (Å²) >= 11 is 0. The van der Waals surface area contributed by atoms with Crippen LogP contribution in [0.2, 0.25) is 0 Å². The molecule has 1 N–H and O–H groups in total. The van der Waals surface area contributed by atoms with Crippen molar-refractivity contribution in [2.75, 3.05) is 11.9 Å². The zero-order valence-electron chi connectivity index (χ0n) is 14.9. The van der Waals surface area contributed by atoms with Crippen LogP contribution in [0.5, 0.6) is 0 Å². The monoisotopic (exact) mass is 384 g/mol. The Morgan fingerprint density at radius 3 is 2.86 bits per heavy atom. The molecule has 1 aliphatic heterocycles. The fourth-order valence-corrected chi connectivity index (χ4v) is 3.65.